The van der Waals surface area contributed by atoms with Crippen molar-refractivity contribution in [1.29, 1.82) is 5.41 Å². The summed E-state index contributed by atoms with van der Waals surface area (Å²) in [6, 6.07) is 0. The molecule has 18 heavy (non-hydrogen) atoms. The molecule has 0 aromatic heterocycles. The fourth-order valence-corrected chi connectivity index (χ4v) is 2.15. The molecule has 0 saturated carbocycles. The van der Waals surface area contributed by atoms with Crippen molar-refractivity contribution in [3.05, 3.63) is 0 Å². The van der Waals surface area contributed by atoms with E-state index in [1.165, 1.54) is 6.92 Å². The molecule has 8 nitrogen and oxygen atoms in total. The minimum Gasteiger partial charge on any atom is -0.446 e. The molecule has 0 bridgehead atoms. The predicted octanol–water partition coefficient (Wildman–Crippen LogP) is 0.0601. The van der Waals surface area contributed by atoms with Gasteiger partial charge in [-0.2, -0.15) is 13.1 Å². The molecular weight excluding hydrogens is 260 g/mol. The molecule has 0 aliphatic carbocycles. The summed E-state index contributed by atoms with van der Waals surface area (Å²) in [4.78, 5) is 11.2. The normalized spacial score (nSPS) is 14.9. The van der Waals surface area contributed by atoms with Gasteiger partial charge in [-0.25, -0.2) is 9.52 Å². The number of rotatable bonds is 6. The van der Waals surface area contributed by atoms with Crippen molar-refractivity contribution in [3.8, 4) is 0 Å². The second-order valence-electron chi connectivity index (χ2n) is 4.26. The minimum absolute atomic E-state index is 0.266. The van der Waals surface area contributed by atoms with Gasteiger partial charge in [-0.3, -0.25) is 5.41 Å². The van der Waals surface area contributed by atoms with E-state index in [0.717, 1.165) is 0 Å². The van der Waals surface area contributed by atoms with Gasteiger partial charge in [0.2, 0.25) is 0 Å². The molecule has 0 spiro atoms. The summed E-state index contributed by atoms with van der Waals surface area (Å²) in [5.41, 5.74) is 4.07. The van der Waals surface area contributed by atoms with Gasteiger partial charge in [0.05, 0.1) is 11.6 Å². The van der Waals surface area contributed by atoms with Crippen LogP contribution in [0.25, 0.3) is 0 Å². The van der Waals surface area contributed by atoms with Gasteiger partial charge in [-0.05, 0) is 27.2 Å². The van der Waals surface area contributed by atoms with Crippen LogP contribution in [0.3, 0.4) is 0 Å². The van der Waals surface area contributed by atoms with Crippen LogP contribution in [-0.4, -0.2) is 32.0 Å². The first kappa shape index (κ1) is 16.6. The molecule has 0 aliphatic heterocycles. The van der Waals surface area contributed by atoms with E-state index in [0.29, 0.717) is 0 Å². The number of nitrogens with one attached hydrogen (secondary N) is 3. The Bertz CT molecular complexity index is 420. The third-order valence-electron chi connectivity index (χ3n) is 2.22. The standard InChI is InChI=1S/C9H20N4O4S/c1-5-9(4,7(10)11)13-18(15,16)12-8(14)17-6(2)3/h6,13H,5H2,1-4H3,(H3,10,11)(H,12,14). The summed E-state index contributed by atoms with van der Waals surface area (Å²) in [6.45, 7) is 6.29. The smallest absolute Gasteiger partial charge is 0.422 e. The van der Waals surface area contributed by atoms with E-state index >= 15 is 0 Å². The zero-order valence-corrected chi connectivity index (χ0v) is 11.7. The van der Waals surface area contributed by atoms with Crippen LogP contribution >= 0.6 is 0 Å². The molecular formula is C9H20N4O4S. The lowest BCUT2D eigenvalue weighted by molar-refractivity contribution is 0.121. The monoisotopic (exact) mass is 280 g/mol. The molecule has 106 valence electrons. The lowest BCUT2D eigenvalue weighted by atomic mass is 10.00. The average Bonchev–Trinajstić information content (AvgIpc) is 2.13. The van der Waals surface area contributed by atoms with Crippen molar-refractivity contribution in [2.45, 2.75) is 45.8 Å². The molecule has 0 rings (SSSR count). The van der Waals surface area contributed by atoms with Crippen molar-refractivity contribution in [2.24, 2.45) is 5.73 Å². The van der Waals surface area contributed by atoms with Gasteiger partial charge < -0.3 is 10.5 Å². The lowest BCUT2D eigenvalue weighted by Gasteiger charge is -2.27. The van der Waals surface area contributed by atoms with Gasteiger partial charge in [0, 0.05) is 0 Å². The number of carbonyl (C=O) groups excluding carboxylic acids is 1. The molecule has 0 aromatic rings. The van der Waals surface area contributed by atoms with Crippen LogP contribution < -0.4 is 15.2 Å². The Balaban J connectivity index is 4.76. The van der Waals surface area contributed by atoms with Crippen LogP contribution in [0, 0.1) is 5.41 Å². The highest BCUT2D eigenvalue weighted by atomic mass is 32.2. The molecule has 0 fully saturated rings. The van der Waals surface area contributed by atoms with Crippen LogP contribution in [-0.2, 0) is 14.9 Å². The molecule has 5 N–H and O–H groups in total. The number of amidine groups is 1. The number of amides is 1. The molecule has 1 amide bonds. The van der Waals surface area contributed by atoms with E-state index < -0.39 is 27.9 Å². The molecule has 1 unspecified atom stereocenters. The van der Waals surface area contributed by atoms with E-state index in [1.54, 1.807) is 25.5 Å². The maximum Gasteiger partial charge on any atom is 0.422 e. The third-order valence-corrected chi connectivity index (χ3v) is 3.38. The second kappa shape index (κ2) is 6.01. The Labute approximate surface area is 107 Å². The Morgan fingerprint density at radius 1 is 1.50 bits per heavy atom. The van der Waals surface area contributed by atoms with Crippen molar-refractivity contribution in [2.75, 3.05) is 0 Å². The van der Waals surface area contributed by atoms with Gasteiger partial charge in [-0.1, -0.05) is 6.92 Å². The van der Waals surface area contributed by atoms with Crippen LogP contribution in [0.1, 0.15) is 34.1 Å². The highest BCUT2D eigenvalue weighted by Crippen LogP contribution is 2.09. The van der Waals surface area contributed by atoms with E-state index in [9.17, 15) is 13.2 Å². The summed E-state index contributed by atoms with van der Waals surface area (Å²) in [5.74, 6) is -0.340. The second-order valence-corrected chi connectivity index (χ2v) is 5.68. The van der Waals surface area contributed by atoms with E-state index in [-0.39, 0.29) is 12.3 Å². The van der Waals surface area contributed by atoms with Crippen LogP contribution in [0.4, 0.5) is 4.79 Å². The molecule has 0 radical (unpaired) electrons. The molecule has 0 aromatic carbocycles. The first-order valence-corrected chi connectivity index (χ1v) is 6.87. The fourth-order valence-electron chi connectivity index (χ4n) is 0.988. The van der Waals surface area contributed by atoms with Gasteiger partial charge >= 0.3 is 16.3 Å². The van der Waals surface area contributed by atoms with Gasteiger partial charge in [-0.15, -0.1) is 0 Å². The maximum atomic E-state index is 11.6. The molecule has 0 saturated heterocycles. The van der Waals surface area contributed by atoms with Crippen LogP contribution in [0.5, 0.6) is 0 Å². The van der Waals surface area contributed by atoms with Gasteiger partial charge in [0.15, 0.2) is 0 Å². The fraction of sp³-hybridized carbons (Fsp3) is 0.778. The Morgan fingerprint density at radius 2 is 2.00 bits per heavy atom. The third kappa shape index (κ3) is 5.32. The lowest BCUT2D eigenvalue weighted by Crippen LogP contribution is -2.58. The number of nitrogens with two attached hydrogens (primary N) is 1. The Kier molecular flexibility index (Phi) is 5.55. The topological polar surface area (TPSA) is 134 Å². The Hall–Kier alpha value is -1.35. The largest absolute Gasteiger partial charge is 0.446 e. The van der Waals surface area contributed by atoms with Crippen molar-refractivity contribution < 1.29 is 17.9 Å². The van der Waals surface area contributed by atoms with Crippen molar-refractivity contribution in [1.82, 2.24) is 9.44 Å². The number of carbonyl (C=O) groups is 1. The van der Waals surface area contributed by atoms with Crippen molar-refractivity contribution in [3.63, 3.8) is 0 Å². The van der Waals surface area contributed by atoms with E-state index in [4.69, 9.17) is 11.1 Å². The zero-order chi connectivity index (χ0) is 14.6. The van der Waals surface area contributed by atoms with Crippen LogP contribution in [0.15, 0.2) is 0 Å². The Morgan fingerprint density at radius 3 is 2.33 bits per heavy atom. The maximum absolute atomic E-state index is 11.6. The quantitative estimate of drug-likeness (QED) is 0.403. The zero-order valence-electron chi connectivity index (χ0n) is 10.9. The first-order valence-electron chi connectivity index (χ1n) is 5.39. The van der Waals surface area contributed by atoms with Gasteiger partial charge in [0.25, 0.3) is 0 Å². The summed E-state index contributed by atoms with van der Waals surface area (Å²) >= 11 is 0. The summed E-state index contributed by atoms with van der Waals surface area (Å²) < 4.78 is 31.7. The van der Waals surface area contributed by atoms with Gasteiger partial charge in [0.1, 0.15) is 5.84 Å². The average molecular weight is 280 g/mol. The highest BCUT2D eigenvalue weighted by molar-refractivity contribution is 7.88. The summed E-state index contributed by atoms with van der Waals surface area (Å²) in [6.07, 6.45) is -1.26. The van der Waals surface area contributed by atoms with Crippen LogP contribution in [0.2, 0.25) is 0 Å². The summed E-state index contributed by atoms with van der Waals surface area (Å²) in [7, 11) is -4.14. The number of ether oxygens (including phenoxy) is 1. The highest BCUT2D eigenvalue weighted by Gasteiger charge is 2.32. The molecule has 9 heteroatoms. The minimum atomic E-state index is -4.14. The predicted molar refractivity (Wildman–Crippen MR) is 67.4 cm³/mol. The molecule has 1 atom stereocenters. The number of hydrogen-bond acceptors (Lipinski definition) is 5. The molecule has 0 aliphatic rings. The summed E-state index contributed by atoms with van der Waals surface area (Å²) in [5, 5.41) is 7.33. The van der Waals surface area contributed by atoms with Crippen molar-refractivity contribution >= 4 is 22.1 Å². The SMILES string of the molecule is CCC(C)(NS(=O)(=O)NC(=O)OC(C)C)C(=N)N. The molecule has 0 heterocycles. The van der Waals surface area contributed by atoms with E-state index in [1.807, 2.05) is 0 Å². The first-order chi connectivity index (χ1) is 8.02. The number of hydrogen-bond donors (Lipinski definition) is 4. The van der Waals surface area contributed by atoms with E-state index in [2.05, 4.69) is 9.46 Å².